The van der Waals surface area contributed by atoms with Crippen LogP contribution in [0.2, 0.25) is 0 Å². The van der Waals surface area contributed by atoms with Gasteiger partial charge in [-0.15, -0.1) is 0 Å². The Bertz CT molecular complexity index is 118. The molecule has 56 valence electrons. The average molecular weight is 140 g/mol. The van der Waals surface area contributed by atoms with Gasteiger partial charge < -0.3 is 9.84 Å². The van der Waals surface area contributed by atoms with Crippen molar-refractivity contribution < 1.29 is 9.84 Å². The zero-order valence-electron chi connectivity index (χ0n) is 6.45. The molecule has 1 saturated heterocycles. The molecule has 4 unspecified atom stereocenters. The maximum atomic E-state index is 9.42. The molecule has 0 aliphatic carbocycles. The first-order valence-electron chi connectivity index (χ1n) is 3.76. The van der Waals surface area contributed by atoms with E-state index in [1.165, 1.54) is 0 Å². The van der Waals surface area contributed by atoms with Crippen LogP contribution in [0.4, 0.5) is 0 Å². The molecule has 1 fully saturated rings. The molecule has 1 heterocycles. The molecule has 0 aromatic rings. The van der Waals surface area contributed by atoms with Crippen molar-refractivity contribution in [3.63, 3.8) is 0 Å². The van der Waals surface area contributed by atoms with Gasteiger partial charge in [0.2, 0.25) is 0 Å². The molecule has 4 atom stereocenters. The SMILES string of the molecule is [B]C1OC(CC)C(O)C1C. The van der Waals surface area contributed by atoms with Crippen molar-refractivity contribution in [2.24, 2.45) is 5.92 Å². The molecule has 10 heavy (non-hydrogen) atoms. The van der Waals surface area contributed by atoms with Gasteiger partial charge in [-0.1, -0.05) is 13.8 Å². The summed E-state index contributed by atoms with van der Waals surface area (Å²) in [6.07, 6.45) is 0.407. The largest absolute Gasteiger partial charge is 0.390 e. The number of ether oxygens (including phenoxy) is 1. The number of rotatable bonds is 1. The molecule has 0 saturated carbocycles. The highest BCUT2D eigenvalue weighted by Gasteiger charge is 2.36. The lowest BCUT2D eigenvalue weighted by Gasteiger charge is -2.12. The van der Waals surface area contributed by atoms with Crippen LogP contribution < -0.4 is 0 Å². The quantitative estimate of drug-likeness (QED) is 0.530. The van der Waals surface area contributed by atoms with Crippen LogP contribution in [0.25, 0.3) is 0 Å². The maximum Gasteiger partial charge on any atom is 0.109 e. The Morgan fingerprint density at radius 3 is 2.40 bits per heavy atom. The minimum atomic E-state index is -0.375. The minimum absolute atomic E-state index is 0.0509. The van der Waals surface area contributed by atoms with Gasteiger partial charge in [0.1, 0.15) is 7.85 Å². The van der Waals surface area contributed by atoms with Crippen molar-refractivity contribution in [3.8, 4) is 0 Å². The standard InChI is InChI=1S/C7H13BO2/c1-3-5-6(9)4(2)7(8)10-5/h4-7,9H,3H2,1-2H3. The Labute approximate surface area is 63.0 Å². The number of hydrogen-bond acceptors (Lipinski definition) is 2. The fraction of sp³-hybridized carbons (Fsp3) is 1.00. The van der Waals surface area contributed by atoms with Crippen molar-refractivity contribution in [1.29, 1.82) is 0 Å². The van der Waals surface area contributed by atoms with Crippen LogP contribution in [0, 0.1) is 5.92 Å². The van der Waals surface area contributed by atoms with Gasteiger partial charge in [0.05, 0.1) is 12.2 Å². The van der Waals surface area contributed by atoms with E-state index in [4.69, 9.17) is 12.6 Å². The third kappa shape index (κ3) is 1.20. The molecule has 3 heteroatoms. The monoisotopic (exact) mass is 140 g/mol. The van der Waals surface area contributed by atoms with Crippen molar-refractivity contribution in [1.82, 2.24) is 0 Å². The van der Waals surface area contributed by atoms with Crippen molar-refractivity contribution in [3.05, 3.63) is 0 Å². The Hall–Kier alpha value is -0.0151. The van der Waals surface area contributed by atoms with Crippen molar-refractivity contribution in [2.75, 3.05) is 0 Å². The van der Waals surface area contributed by atoms with Gasteiger partial charge in [0.25, 0.3) is 0 Å². The van der Waals surface area contributed by atoms with E-state index in [0.717, 1.165) is 6.42 Å². The van der Waals surface area contributed by atoms with Crippen molar-refractivity contribution in [2.45, 2.75) is 38.5 Å². The second-order valence-electron chi connectivity index (χ2n) is 2.90. The van der Waals surface area contributed by atoms with Crippen LogP contribution in [-0.4, -0.2) is 31.2 Å². The van der Waals surface area contributed by atoms with Crippen molar-refractivity contribution >= 4 is 7.85 Å². The molecular formula is C7H13BO2. The van der Waals surface area contributed by atoms with Crippen LogP contribution in [0.15, 0.2) is 0 Å². The zero-order chi connectivity index (χ0) is 7.72. The summed E-state index contributed by atoms with van der Waals surface area (Å²) in [7, 11) is 5.55. The Morgan fingerprint density at radius 2 is 2.20 bits per heavy atom. The van der Waals surface area contributed by atoms with Crippen LogP contribution >= 0.6 is 0 Å². The van der Waals surface area contributed by atoms with Gasteiger partial charge in [-0.25, -0.2) is 0 Å². The fourth-order valence-electron chi connectivity index (χ4n) is 1.28. The van der Waals surface area contributed by atoms with Gasteiger partial charge in [-0.3, -0.25) is 0 Å². The molecule has 0 bridgehead atoms. The Kier molecular flexibility index (Phi) is 2.37. The highest BCUT2D eigenvalue weighted by molar-refractivity contribution is 6.11. The fourth-order valence-corrected chi connectivity index (χ4v) is 1.28. The van der Waals surface area contributed by atoms with E-state index in [0.29, 0.717) is 0 Å². The van der Waals surface area contributed by atoms with Gasteiger partial charge in [0.15, 0.2) is 0 Å². The second kappa shape index (κ2) is 2.93. The van der Waals surface area contributed by atoms with E-state index < -0.39 is 0 Å². The third-order valence-corrected chi connectivity index (χ3v) is 2.17. The van der Waals surface area contributed by atoms with Gasteiger partial charge >= 0.3 is 0 Å². The summed E-state index contributed by atoms with van der Waals surface area (Å²) >= 11 is 0. The summed E-state index contributed by atoms with van der Waals surface area (Å²) in [5.74, 6) is 0.0740. The number of hydrogen-bond donors (Lipinski definition) is 1. The molecular weight excluding hydrogens is 127 g/mol. The van der Waals surface area contributed by atoms with Crippen LogP contribution in [-0.2, 0) is 4.74 Å². The third-order valence-electron chi connectivity index (χ3n) is 2.17. The van der Waals surface area contributed by atoms with E-state index in [1.54, 1.807) is 0 Å². The van der Waals surface area contributed by atoms with E-state index in [2.05, 4.69) is 0 Å². The summed E-state index contributed by atoms with van der Waals surface area (Å²) in [6, 6.07) is -0.278. The molecule has 1 N–H and O–H groups in total. The second-order valence-corrected chi connectivity index (χ2v) is 2.90. The van der Waals surface area contributed by atoms with Crippen LogP contribution in [0.1, 0.15) is 20.3 Å². The zero-order valence-corrected chi connectivity index (χ0v) is 6.45. The lowest BCUT2D eigenvalue weighted by Crippen LogP contribution is -2.24. The molecule has 1 aliphatic rings. The predicted molar refractivity (Wildman–Crippen MR) is 39.9 cm³/mol. The number of aliphatic hydroxyl groups is 1. The summed E-state index contributed by atoms with van der Waals surface area (Å²) in [5.41, 5.74) is 0. The summed E-state index contributed by atoms with van der Waals surface area (Å²) in [5, 5.41) is 9.42. The van der Waals surface area contributed by atoms with Gasteiger partial charge in [-0.05, 0) is 6.42 Å². The molecule has 0 amide bonds. The van der Waals surface area contributed by atoms with Gasteiger partial charge in [0, 0.05) is 11.9 Å². The topological polar surface area (TPSA) is 29.5 Å². The van der Waals surface area contributed by atoms with Crippen LogP contribution in [0.3, 0.4) is 0 Å². The summed E-state index contributed by atoms with van der Waals surface area (Å²) < 4.78 is 5.26. The molecule has 2 nitrogen and oxygen atoms in total. The molecule has 0 spiro atoms. The maximum absolute atomic E-state index is 9.42. The number of aliphatic hydroxyl groups excluding tert-OH is 1. The normalized spacial score (nSPS) is 47.9. The lowest BCUT2D eigenvalue weighted by molar-refractivity contribution is 0.0295. The lowest BCUT2D eigenvalue weighted by atomic mass is 9.86. The minimum Gasteiger partial charge on any atom is -0.390 e. The first-order chi connectivity index (χ1) is 4.66. The molecule has 0 aromatic heterocycles. The molecule has 1 rings (SSSR count). The van der Waals surface area contributed by atoms with E-state index in [-0.39, 0.29) is 24.1 Å². The smallest absolute Gasteiger partial charge is 0.109 e. The molecule has 2 radical (unpaired) electrons. The highest BCUT2D eigenvalue weighted by Crippen LogP contribution is 2.26. The highest BCUT2D eigenvalue weighted by atomic mass is 16.5. The van der Waals surface area contributed by atoms with E-state index in [9.17, 15) is 5.11 Å². The Morgan fingerprint density at radius 1 is 1.60 bits per heavy atom. The van der Waals surface area contributed by atoms with Gasteiger partial charge in [-0.2, -0.15) is 0 Å². The van der Waals surface area contributed by atoms with E-state index >= 15 is 0 Å². The summed E-state index contributed by atoms with van der Waals surface area (Å²) in [4.78, 5) is 0. The molecule has 1 aliphatic heterocycles. The van der Waals surface area contributed by atoms with Crippen LogP contribution in [0.5, 0.6) is 0 Å². The van der Waals surface area contributed by atoms with E-state index in [1.807, 2.05) is 13.8 Å². The summed E-state index contributed by atoms with van der Waals surface area (Å²) in [6.45, 7) is 3.89. The Balaban J connectivity index is 2.53. The molecule has 0 aromatic carbocycles. The first kappa shape index (κ1) is 8.09. The average Bonchev–Trinajstić information content (AvgIpc) is 2.17. The predicted octanol–water partition coefficient (Wildman–Crippen LogP) is 0.287. The first-order valence-corrected chi connectivity index (χ1v) is 3.76.